The van der Waals surface area contributed by atoms with E-state index in [1.165, 1.54) is 6.08 Å². The first-order valence-corrected chi connectivity index (χ1v) is 20.1. The van der Waals surface area contributed by atoms with Crippen molar-refractivity contribution < 1.29 is 83.6 Å². The van der Waals surface area contributed by atoms with Crippen molar-refractivity contribution in [2.24, 2.45) is 28.6 Å². The van der Waals surface area contributed by atoms with Crippen LogP contribution >= 0.6 is 0 Å². The lowest BCUT2D eigenvalue weighted by molar-refractivity contribution is -0.342. The minimum atomic E-state index is -1.96. The molecule has 4 aliphatic heterocycles. The summed E-state index contributed by atoms with van der Waals surface area (Å²) < 4.78 is 40.3. The predicted octanol–water partition coefficient (Wildman–Crippen LogP) is -1.29. The van der Waals surface area contributed by atoms with Gasteiger partial charge in [0.15, 0.2) is 30.3 Å². The Morgan fingerprint density at radius 2 is 1.62 bits per heavy atom. The molecule has 8 aliphatic rings. The molecule has 0 aromatic heterocycles. The van der Waals surface area contributed by atoms with Crippen LogP contribution in [-0.2, 0) is 42.7 Å². The summed E-state index contributed by atoms with van der Waals surface area (Å²) in [7, 11) is 0. The van der Waals surface area contributed by atoms with Crippen molar-refractivity contribution in [3.8, 4) is 0 Å². The van der Waals surface area contributed by atoms with E-state index in [1.807, 2.05) is 6.92 Å². The molecule has 56 heavy (non-hydrogen) atoms. The van der Waals surface area contributed by atoms with E-state index in [4.69, 9.17) is 33.2 Å². The molecule has 0 aromatic carbocycles. The molecule has 19 atom stereocenters. The maximum atomic E-state index is 13.8. The molecule has 0 amide bonds. The third-order valence-corrected chi connectivity index (χ3v) is 15.4. The highest BCUT2D eigenvalue weighted by molar-refractivity contribution is 5.94. The molecule has 4 heterocycles. The molecule has 0 bridgehead atoms. The number of esters is 1. The highest BCUT2D eigenvalue weighted by atomic mass is 16.7. The Morgan fingerprint density at radius 3 is 2.30 bits per heavy atom. The van der Waals surface area contributed by atoms with E-state index in [0.717, 1.165) is 0 Å². The molecule has 4 aliphatic carbocycles. The molecular formula is C39H58O17. The van der Waals surface area contributed by atoms with Gasteiger partial charge in [0, 0.05) is 24.3 Å². The summed E-state index contributed by atoms with van der Waals surface area (Å²) in [5.74, 6) is -1.38. The van der Waals surface area contributed by atoms with Gasteiger partial charge < -0.3 is 74.0 Å². The van der Waals surface area contributed by atoms with Gasteiger partial charge in [0.1, 0.15) is 48.3 Å². The number of cyclic esters (lactones) is 1. The van der Waals surface area contributed by atoms with Crippen LogP contribution in [0.1, 0.15) is 78.6 Å². The monoisotopic (exact) mass is 798 g/mol. The Balaban J connectivity index is 0.874. The van der Waals surface area contributed by atoms with Crippen molar-refractivity contribution in [3.05, 3.63) is 11.6 Å². The van der Waals surface area contributed by atoms with Gasteiger partial charge in [0.25, 0.3) is 0 Å². The fraction of sp³-hybridized carbons (Fsp3) is 0.897. The van der Waals surface area contributed by atoms with Gasteiger partial charge in [0.2, 0.25) is 0 Å². The zero-order valence-corrected chi connectivity index (χ0v) is 32.1. The fourth-order valence-corrected chi connectivity index (χ4v) is 12.1. The third-order valence-electron chi connectivity index (χ3n) is 15.4. The lowest BCUT2D eigenvalue weighted by atomic mass is 9.41. The summed E-state index contributed by atoms with van der Waals surface area (Å²) in [5, 5.41) is 88.0. The lowest BCUT2D eigenvalue weighted by Gasteiger charge is -2.66. The minimum Gasteiger partial charge on any atom is -0.458 e. The van der Waals surface area contributed by atoms with Crippen molar-refractivity contribution in [1.82, 2.24) is 0 Å². The average molecular weight is 799 g/mol. The van der Waals surface area contributed by atoms with Crippen LogP contribution in [0.15, 0.2) is 11.6 Å². The van der Waals surface area contributed by atoms with Crippen LogP contribution in [0.4, 0.5) is 0 Å². The number of rotatable bonds is 8. The standard InChI is InChI=1S/C39H58O17/c1-18-30(55-33-29(45)31(24(42)15-51-33)56-34-32(46)37(47,16-40)17-52-34)23(41)13-28(53-18)54-21-5-7-35(2)20(11-21)4-9-38(48)25(35)6-8-36(3)22(12-26(43)39(36,38)49)19-10-27(44)50-14-19/h10,18,20-25,28-34,40-42,45-49H,4-9,11-17H2,1-3H3/t18-,20+,21+,22-,23+,24-,25-,28+,29-,30-,31+,32+,33+,34+,35+,36-,37-,38+,39-/m1/s1. The number of ketones is 1. The van der Waals surface area contributed by atoms with Crippen LogP contribution in [0.5, 0.6) is 0 Å². The average Bonchev–Trinajstić information content (AvgIpc) is 3.77. The third kappa shape index (κ3) is 6.18. The highest BCUT2D eigenvalue weighted by Gasteiger charge is 2.77. The van der Waals surface area contributed by atoms with E-state index < -0.39 is 103 Å². The summed E-state index contributed by atoms with van der Waals surface area (Å²) >= 11 is 0. The lowest BCUT2D eigenvalue weighted by Crippen LogP contribution is -2.75. The van der Waals surface area contributed by atoms with E-state index in [9.17, 15) is 50.4 Å². The van der Waals surface area contributed by atoms with Crippen LogP contribution in [0.25, 0.3) is 0 Å². The summed E-state index contributed by atoms with van der Waals surface area (Å²) in [4.78, 5) is 25.8. The number of hydrogen-bond acceptors (Lipinski definition) is 17. The zero-order valence-electron chi connectivity index (χ0n) is 32.1. The number of carbonyl (C=O) groups excluding carboxylic acids is 2. The molecular weight excluding hydrogens is 740 g/mol. The van der Waals surface area contributed by atoms with Crippen LogP contribution in [0.2, 0.25) is 0 Å². The SMILES string of the molecule is C[C@H]1O[C@@H](O[C@H]2CC[C@@]3(C)[C@@H](CC[C@]4(O)[C@@H]3CC[C@]3(C)[C@@H](C5=CC(=O)OC5)CC(=O)[C@@]34O)C2)C[C@H](O)[C@@H]1O[C@@H]1OC[C@@H](O)[C@H](O[C@@H]2OC[C@](O)(CO)[C@H]2O)[C@H]1O. The summed E-state index contributed by atoms with van der Waals surface area (Å²) in [6.45, 7) is 4.32. The largest absolute Gasteiger partial charge is 0.458 e. The maximum absolute atomic E-state index is 13.8. The fourth-order valence-electron chi connectivity index (χ4n) is 12.1. The minimum absolute atomic E-state index is 0.0589. The van der Waals surface area contributed by atoms with Gasteiger partial charge >= 0.3 is 5.97 Å². The Bertz CT molecular complexity index is 1550. The molecule has 17 nitrogen and oxygen atoms in total. The second kappa shape index (κ2) is 14.5. The molecule has 8 N–H and O–H groups in total. The van der Waals surface area contributed by atoms with Crippen molar-refractivity contribution >= 4 is 11.8 Å². The summed E-state index contributed by atoms with van der Waals surface area (Å²) in [6, 6.07) is 0. The van der Waals surface area contributed by atoms with E-state index in [0.29, 0.717) is 44.1 Å². The topological polar surface area (TPSA) is 261 Å². The molecule has 17 heteroatoms. The second-order valence-electron chi connectivity index (χ2n) is 18.3. The first-order valence-electron chi connectivity index (χ1n) is 20.1. The van der Waals surface area contributed by atoms with Crippen LogP contribution in [-0.4, -0.2) is 164 Å². The second-order valence-corrected chi connectivity index (χ2v) is 18.3. The zero-order chi connectivity index (χ0) is 40.2. The number of aliphatic hydroxyl groups excluding tert-OH is 5. The van der Waals surface area contributed by atoms with Gasteiger partial charge in [-0.2, -0.15) is 0 Å². The maximum Gasteiger partial charge on any atom is 0.331 e. The molecule has 8 rings (SSSR count). The number of carbonyl (C=O) groups is 2. The van der Waals surface area contributed by atoms with Crippen molar-refractivity contribution in [2.45, 2.75) is 163 Å². The number of ether oxygens (including phenoxy) is 7. The normalized spacial score (nSPS) is 54.6. The Labute approximate surface area is 324 Å². The van der Waals surface area contributed by atoms with E-state index in [-0.39, 0.29) is 67.5 Å². The van der Waals surface area contributed by atoms with Crippen molar-refractivity contribution in [1.29, 1.82) is 0 Å². The quantitative estimate of drug-likeness (QED) is 0.105. The van der Waals surface area contributed by atoms with Crippen molar-refractivity contribution in [2.75, 3.05) is 26.4 Å². The first kappa shape index (κ1) is 41.1. The Hall–Kier alpha value is -1.68. The highest BCUT2D eigenvalue weighted by Crippen LogP contribution is 2.70. The smallest absolute Gasteiger partial charge is 0.331 e. The molecule has 316 valence electrons. The number of fused-ring (bicyclic) bond motifs is 5. The van der Waals surface area contributed by atoms with E-state index >= 15 is 0 Å². The summed E-state index contributed by atoms with van der Waals surface area (Å²) in [5.41, 5.74) is -6.13. The number of aliphatic hydroxyl groups is 8. The van der Waals surface area contributed by atoms with Crippen LogP contribution in [0.3, 0.4) is 0 Å². The Morgan fingerprint density at radius 1 is 0.875 bits per heavy atom. The molecule has 0 unspecified atom stereocenters. The van der Waals surface area contributed by atoms with Gasteiger partial charge in [-0.15, -0.1) is 0 Å². The van der Waals surface area contributed by atoms with Crippen LogP contribution in [0, 0.1) is 28.6 Å². The number of Topliss-reactive ketones (excluding diaryl/α,β-unsaturated/α-hetero) is 1. The predicted molar refractivity (Wildman–Crippen MR) is 187 cm³/mol. The molecule has 0 spiro atoms. The Kier molecular flexibility index (Phi) is 10.6. The molecule has 4 saturated carbocycles. The molecule has 0 aromatic rings. The summed E-state index contributed by atoms with van der Waals surface area (Å²) in [6.07, 6.45) is -6.90. The van der Waals surface area contributed by atoms with Crippen molar-refractivity contribution in [3.63, 3.8) is 0 Å². The van der Waals surface area contributed by atoms with Gasteiger partial charge in [-0.25, -0.2) is 4.79 Å². The van der Waals surface area contributed by atoms with E-state index in [1.54, 1.807) is 6.92 Å². The van der Waals surface area contributed by atoms with E-state index in [2.05, 4.69) is 6.92 Å². The van der Waals surface area contributed by atoms with Gasteiger partial charge in [-0.1, -0.05) is 13.8 Å². The van der Waals surface area contributed by atoms with Gasteiger partial charge in [0.05, 0.1) is 38.1 Å². The van der Waals surface area contributed by atoms with Gasteiger partial charge in [-0.05, 0) is 80.6 Å². The number of hydrogen-bond donors (Lipinski definition) is 8. The molecule has 3 saturated heterocycles. The molecule has 0 radical (unpaired) electrons. The first-order chi connectivity index (χ1) is 26.4. The molecule has 7 fully saturated rings. The van der Waals surface area contributed by atoms with Crippen LogP contribution < -0.4 is 0 Å². The van der Waals surface area contributed by atoms with Gasteiger partial charge in [-0.3, -0.25) is 4.79 Å².